The number of fused-ring (bicyclic) bond motifs is 1. The number of rotatable bonds is 6. The normalized spacial score (nSPS) is 25.8. The van der Waals surface area contributed by atoms with Crippen molar-refractivity contribution in [3.63, 3.8) is 0 Å². The quantitative estimate of drug-likeness (QED) is 0.736. The van der Waals surface area contributed by atoms with Gasteiger partial charge < -0.3 is 9.84 Å². The summed E-state index contributed by atoms with van der Waals surface area (Å²) in [5.41, 5.74) is -0.150. The van der Waals surface area contributed by atoms with Crippen LogP contribution in [0.5, 0.6) is 5.75 Å². The van der Waals surface area contributed by atoms with Crippen molar-refractivity contribution in [1.29, 1.82) is 0 Å². The Morgan fingerprint density at radius 3 is 2.52 bits per heavy atom. The molecule has 158 valence electrons. The minimum absolute atomic E-state index is 0.150. The van der Waals surface area contributed by atoms with Crippen molar-refractivity contribution < 1.29 is 22.7 Å². The highest BCUT2D eigenvalue weighted by atomic mass is 32.2. The molecule has 2 aromatic carbocycles. The number of methoxy groups -OCH3 is 1. The Bertz CT molecular complexity index is 973. The number of ether oxygens (including phenoxy) is 1. The maximum Gasteiger partial charge on any atom is 0.179 e. The van der Waals surface area contributed by atoms with Crippen LogP contribution in [0.2, 0.25) is 0 Å². The van der Waals surface area contributed by atoms with E-state index in [0.717, 1.165) is 12.8 Å². The molecule has 0 aromatic heterocycles. The van der Waals surface area contributed by atoms with Crippen LogP contribution < -0.4 is 4.74 Å². The first-order valence-corrected chi connectivity index (χ1v) is 11.8. The van der Waals surface area contributed by atoms with Gasteiger partial charge in [-0.3, -0.25) is 0 Å². The molecule has 1 aliphatic rings. The molecule has 1 aliphatic heterocycles. The van der Waals surface area contributed by atoms with E-state index in [0.29, 0.717) is 29.7 Å². The van der Waals surface area contributed by atoms with Crippen LogP contribution >= 0.6 is 0 Å². The fourth-order valence-corrected chi connectivity index (χ4v) is 6.80. The van der Waals surface area contributed by atoms with Gasteiger partial charge in [-0.1, -0.05) is 44.9 Å². The Kier molecular flexibility index (Phi) is 6.34. The average molecular weight is 421 g/mol. The molecular formula is C23H29FO4S. The Morgan fingerprint density at radius 2 is 1.90 bits per heavy atom. The lowest BCUT2D eigenvalue weighted by molar-refractivity contribution is 0.0167. The van der Waals surface area contributed by atoms with Crippen molar-refractivity contribution in [1.82, 2.24) is 0 Å². The topological polar surface area (TPSA) is 63.6 Å². The van der Waals surface area contributed by atoms with Gasteiger partial charge in [0, 0.05) is 11.3 Å². The molecule has 2 aromatic rings. The molecule has 0 saturated carbocycles. The summed E-state index contributed by atoms with van der Waals surface area (Å²) in [7, 11) is -2.18. The van der Waals surface area contributed by atoms with Gasteiger partial charge in [0.1, 0.15) is 11.6 Å². The van der Waals surface area contributed by atoms with Gasteiger partial charge in [0.15, 0.2) is 9.84 Å². The third-order valence-electron chi connectivity index (χ3n) is 6.28. The Balaban J connectivity index is 2.33. The summed E-state index contributed by atoms with van der Waals surface area (Å²) in [6.45, 7) is 3.94. The molecule has 29 heavy (non-hydrogen) atoms. The molecule has 0 spiro atoms. The fraction of sp³-hybridized carbons (Fsp3) is 0.478. The van der Waals surface area contributed by atoms with Crippen molar-refractivity contribution >= 4 is 9.84 Å². The van der Waals surface area contributed by atoms with E-state index in [-0.39, 0.29) is 10.6 Å². The van der Waals surface area contributed by atoms with E-state index in [4.69, 9.17) is 4.74 Å². The highest BCUT2D eigenvalue weighted by molar-refractivity contribution is 7.91. The van der Waals surface area contributed by atoms with E-state index in [1.54, 1.807) is 30.3 Å². The number of aliphatic hydroxyl groups is 1. The summed E-state index contributed by atoms with van der Waals surface area (Å²) in [4.78, 5) is 0.150. The van der Waals surface area contributed by atoms with Crippen LogP contribution in [0, 0.1) is 11.2 Å². The van der Waals surface area contributed by atoms with Crippen LogP contribution in [0.15, 0.2) is 47.4 Å². The number of hydrogen-bond acceptors (Lipinski definition) is 4. The lowest BCUT2D eigenvalue weighted by atomic mass is 9.69. The number of halogens is 1. The van der Waals surface area contributed by atoms with E-state index in [2.05, 4.69) is 0 Å². The van der Waals surface area contributed by atoms with Crippen molar-refractivity contribution in [2.45, 2.75) is 56.4 Å². The summed E-state index contributed by atoms with van der Waals surface area (Å²) in [5.74, 6) is -0.923. The second-order valence-corrected chi connectivity index (χ2v) is 9.88. The number of benzene rings is 2. The van der Waals surface area contributed by atoms with Crippen LogP contribution in [0.4, 0.5) is 4.39 Å². The van der Waals surface area contributed by atoms with Gasteiger partial charge in [0.2, 0.25) is 0 Å². The second kappa shape index (κ2) is 8.44. The zero-order valence-electron chi connectivity index (χ0n) is 17.2. The van der Waals surface area contributed by atoms with Gasteiger partial charge in [0.05, 0.1) is 23.9 Å². The molecule has 3 atom stereocenters. The minimum atomic E-state index is -3.68. The molecule has 0 aliphatic carbocycles. The third kappa shape index (κ3) is 3.92. The van der Waals surface area contributed by atoms with Crippen molar-refractivity contribution in [3.8, 4) is 5.75 Å². The van der Waals surface area contributed by atoms with Gasteiger partial charge in [-0.25, -0.2) is 12.8 Å². The maximum absolute atomic E-state index is 14.9. The Morgan fingerprint density at radius 1 is 1.17 bits per heavy atom. The molecular weight excluding hydrogens is 391 g/mol. The van der Waals surface area contributed by atoms with Gasteiger partial charge in [0.25, 0.3) is 0 Å². The lowest BCUT2D eigenvalue weighted by Crippen LogP contribution is -2.42. The highest BCUT2D eigenvalue weighted by Gasteiger charge is 2.49. The number of aliphatic hydroxyl groups excluding tert-OH is 1. The third-order valence-corrected chi connectivity index (χ3v) is 8.28. The van der Waals surface area contributed by atoms with E-state index >= 15 is 0 Å². The Hall–Kier alpha value is -1.92. The smallest absolute Gasteiger partial charge is 0.179 e. The largest absolute Gasteiger partial charge is 0.497 e. The fourth-order valence-electron chi connectivity index (χ4n) is 4.55. The summed E-state index contributed by atoms with van der Waals surface area (Å²) in [6, 6.07) is 11.0. The number of unbranched alkanes of at least 4 members (excludes halogenated alkanes) is 1. The lowest BCUT2D eigenvalue weighted by Gasteiger charge is -2.39. The minimum Gasteiger partial charge on any atom is -0.497 e. The number of hydrogen-bond donors (Lipinski definition) is 1. The molecule has 4 nitrogen and oxygen atoms in total. The molecule has 3 rings (SSSR count). The molecule has 0 fully saturated rings. The SMILES string of the molecule is CCCC[C@]1(CC)CS(=O)(=O)c2ccc(OC)cc2[C@H](c2ccccc2F)C1O. The zero-order chi connectivity index (χ0) is 21.2. The van der Waals surface area contributed by atoms with Crippen molar-refractivity contribution in [3.05, 3.63) is 59.4 Å². The monoisotopic (exact) mass is 420 g/mol. The van der Waals surface area contributed by atoms with Crippen molar-refractivity contribution in [2.75, 3.05) is 12.9 Å². The molecule has 0 amide bonds. The summed E-state index contributed by atoms with van der Waals surface area (Å²) >= 11 is 0. The molecule has 6 heteroatoms. The van der Waals surface area contributed by atoms with E-state index in [1.807, 2.05) is 13.8 Å². The standard InChI is InChI=1S/C23H29FO4S/c1-4-6-13-23(5-2)15-29(26,27)20-12-11-16(28-3)14-18(20)21(22(23)25)17-9-7-8-10-19(17)24/h7-12,14,21-22,25H,4-6,13,15H2,1-3H3/t21-,22?,23+/m0/s1. The molecule has 0 saturated heterocycles. The zero-order valence-corrected chi connectivity index (χ0v) is 18.0. The van der Waals surface area contributed by atoms with Crippen LogP contribution in [0.25, 0.3) is 0 Å². The molecule has 1 heterocycles. The second-order valence-electron chi connectivity index (χ2n) is 7.93. The predicted octanol–water partition coefficient (Wildman–Crippen LogP) is 4.70. The van der Waals surface area contributed by atoms with E-state index in [1.165, 1.54) is 19.2 Å². The molecule has 1 N–H and O–H groups in total. The first kappa shape index (κ1) is 21.8. The number of sulfone groups is 1. The molecule has 0 radical (unpaired) electrons. The summed E-state index contributed by atoms with van der Waals surface area (Å²) < 4.78 is 47.0. The summed E-state index contributed by atoms with van der Waals surface area (Å²) in [5, 5.41) is 11.6. The predicted molar refractivity (Wildman–Crippen MR) is 112 cm³/mol. The van der Waals surface area contributed by atoms with Gasteiger partial charge >= 0.3 is 0 Å². The van der Waals surface area contributed by atoms with Crippen molar-refractivity contribution in [2.24, 2.45) is 5.41 Å². The van der Waals surface area contributed by atoms with Crippen LogP contribution in [0.3, 0.4) is 0 Å². The van der Waals surface area contributed by atoms with E-state index < -0.39 is 33.1 Å². The van der Waals surface area contributed by atoms with Gasteiger partial charge in [-0.15, -0.1) is 0 Å². The van der Waals surface area contributed by atoms with Crippen LogP contribution in [0.1, 0.15) is 56.6 Å². The summed E-state index contributed by atoms with van der Waals surface area (Å²) in [6.07, 6.45) is 1.70. The first-order chi connectivity index (χ1) is 13.8. The molecule has 1 unspecified atom stereocenters. The maximum atomic E-state index is 14.9. The van der Waals surface area contributed by atoms with Crippen LogP contribution in [-0.4, -0.2) is 32.5 Å². The van der Waals surface area contributed by atoms with E-state index in [9.17, 15) is 17.9 Å². The molecule has 0 bridgehead atoms. The Labute approximate surface area is 172 Å². The van der Waals surface area contributed by atoms with Gasteiger partial charge in [-0.05, 0) is 48.2 Å². The average Bonchev–Trinajstić information content (AvgIpc) is 2.78. The highest BCUT2D eigenvalue weighted by Crippen LogP contribution is 2.49. The first-order valence-electron chi connectivity index (χ1n) is 10.1. The van der Waals surface area contributed by atoms with Gasteiger partial charge in [-0.2, -0.15) is 0 Å². The van der Waals surface area contributed by atoms with Crippen LogP contribution in [-0.2, 0) is 9.84 Å².